The smallest absolute Gasteiger partial charge is 0.230 e. The fourth-order valence-corrected chi connectivity index (χ4v) is 3.57. The molecule has 0 N–H and O–H groups in total. The number of hydrogen-bond donors (Lipinski definition) is 0. The first-order valence-electron chi connectivity index (χ1n) is 8.35. The molecule has 0 fully saturated rings. The molecule has 5 heteroatoms. The average Bonchev–Trinajstić information content (AvgIpc) is 3.03. The number of rotatable bonds is 3. The van der Waals surface area contributed by atoms with Crippen molar-refractivity contribution < 1.29 is 4.79 Å². The first-order valence-corrected chi connectivity index (χ1v) is 8.35. The number of aromatic nitrogens is 3. The van der Waals surface area contributed by atoms with Crippen LogP contribution in [0.5, 0.6) is 0 Å². The molecule has 4 rings (SSSR count). The second-order valence-electron chi connectivity index (χ2n) is 6.38. The highest BCUT2D eigenvalue weighted by Crippen LogP contribution is 2.32. The number of pyridine rings is 1. The normalized spacial score (nSPS) is 16.8. The highest BCUT2D eigenvalue weighted by Gasteiger charge is 2.28. The van der Waals surface area contributed by atoms with Crippen LogP contribution in [0.2, 0.25) is 0 Å². The lowest BCUT2D eigenvalue weighted by Crippen LogP contribution is -2.33. The van der Waals surface area contributed by atoms with E-state index in [4.69, 9.17) is 0 Å². The Morgan fingerprint density at radius 2 is 2.04 bits per heavy atom. The maximum absolute atomic E-state index is 13.0. The molecule has 1 aromatic carbocycles. The Bertz CT molecular complexity index is 886. The molecule has 24 heavy (non-hydrogen) atoms. The molecule has 0 unspecified atom stereocenters. The average molecular weight is 320 g/mol. The summed E-state index contributed by atoms with van der Waals surface area (Å²) in [7, 11) is 1.85. The van der Waals surface area contributed by atoms with Crippen LogP contribution in [0.15, 0.2) is 48.7 Å². The van der Waals surface area contributed by atoms with Crippen LogP contribution < -0.4 is 0 Å². The fourth-order valence-electron chi connectivity index (χ4n) is 3.57. The maximum atomic E-state index is 13.0. The topological polar surface area (TPSA) is 50.5 Å². The minimum Gasteiger partial charge on any atom is -0.338 e. The van der Waals surface area contributed by atoms with Gasteiger partial charge in [-0.15, -0.1) is 10.2 Å². The summed E-state index contributed by atoms with van der Waals surface area (Å²) < 4.78 is 1.93. The van der Waals surface area contributed by atoms with Crippen LogP contribution in [0, 0.1) is 0 Å². The van der Waals surface area contributed by atoms with E-state index in [1.165, 1.54) is 11.1 Å². The summed E-state index contributed by atoms with van der Waals surface area (Å²) in [5.41, 5.74) is 3.30. The molecule has 2 heterocycles. The third-order valence-electron chi connectivity index (χ3n) is 4.81. The van der Waals surface area contributed by atoms with Gasteiger partial charge in [-0.05, 0) is 42.5 Å². The first-order chi connectivity index (χ1) is 11.7. The lowest BCUT2D eigenvalue weighted by atomic mass is 9.82. The van der Waals surface area contributed by atoms with E-state index in [-0.39, 0.29) is 11.8 Å². The Hall–Kier alpha value is -2.69. The van der Waals surface area contributed by atoms with Crippen LogP contribution in [0.25, 0.3) is 5.65 Å². The molecular weight excluding hydrogens is 300 g/mol. The van der Waals surface area contributed by atoms with Crippen molar-refractivity contribution in [2.75, 3.05) is 7.05 Å². The monoisotopic (exact) mass is 320 g/mol. The number of carbonyl (C=O) groups is 1. The zero-order chi connectivity index (χ0) is 16.5. The molecule has 0 aliphatic heterocycles. The van der Waals surface area contributed by atoms with Crippen molar-refractivity contribution >= 4 is 11.6 Å². The van der Waals surface area contributed by atoms with E-state index in [2.05, 4.69) is 28.4 Å². The van der Waals surface area contributed by atoms with Gasteiger partial charge in [0.1, 0.15) is 0 Å². The molecule has 0 saturated carbocycles. The Kier molecular flexibility index (Phi) is 3.76. The summed E-state index contributed by atoms with van der Waals surface area (Å²) in [4.78, 5) is 14.8. The second-order valence-corrected chi connectivity index (χ2v) is 6.38. The Labute approximate surface area is 140 Å². The van der Waals surface area contributed by atoms with Crippen molar-refractivity contribution in [1.82, 2.24) is 19.5 Å². The highest BCUT2D eigenvalue weighted by molar-refractivity contribution is 5.84. The molecule has 1 aliphatic carbocycles. The molecule has 1 atom stereocenters. The summed E-state index contributed by atoms with van der Waals surface area (Å²) in [5, 5.41) is 8.38. The standard InChI is InChI=1S/C19H20N4O/c1-22(13-18-21-20-17-11-4-5-12-23(17)18)19(24)16-10-6-8-14-7-2-3-9-15(14)16/h2-5,7,9,11-12,16H,6,8,10,13H2,1H3/t16-/m0/s1. The number of nitrogens with zero attached hydrogens (tertiary/aromatic N) is 4. The number of amides is 1. The molecule has 1 amide bonds. The second kappa shape index (κ2) is 6.07. The predicted molar refractivity (Wildman–Crippen MR) is 91.6 cm³/mol. The van der Waals surface area contributed by atoms with Gasteiger partial charge >= 0.3 is 0 Å². The van der Waals surface area contributed by atoms with Crippen molar-refractivity contribution in [2.24, 2.45) is 0 Å². The molecule has 1 aliphatic rings. The molecule has 2 aromatic heterocycles. The zero-order valence-electron chi connectivity index (χ0n) is 13.7. The van der Waals surface area contributed by atoms with E-state index >= 15 is 0 Å². The van der Waals surface area contributed by atoms with E-state index in [9.17, 15) is 4.79 Å². The number of carbonyl (C=O) groups excluding carboxylic acids is 1. The summed E-state index contributed by atoms with van der Waals surface area (Å²) >= 11 is 0. The summed E-state index contributed by atoms with van der Waals surface area (Å²) in [6.07, 6.45) is 4.98. The molecule has 5 nitrogen and oxygen atoms in total. The highest BCUT2D eigenvalue weighted by atomic mass is 16.2. The minimum absolute atomic E-state index is 0.0425. The maximum Gasteiger partial charge on any atom is 0.230 e. The number of likely N-dealkylation sites (N-methyl/N-ethyl adjacent to an activating group) is 1. The predicted octanol–water partition coefficient (Wildman–Crippen LogP) is 2.81. The lowest BCUT2D eigenvalue weighted by Gasteiger charge is -2.28. The number of hydrogen-bond acceptors (Lipinski definition) is 3. The molecular formula is C19H20N4O. The summed E-state index contributed by atoms with van der Waals surface area (Å²) in [6, 6.07) is 14.1. The Morgan fingerprint density at radius 3 is 2.96 bits per heavy atom. The number of benzene rings is 1. The molecule has 0 radical (unpaired) electrons. The van der Waals surface area contributed by atoms with Crippen molar-refractivity contribution in [1.29, 1.82) is 0 Å². The molecule has 0 spiro atoms. The van der Waals surface area contributed by atoms with Crippen molar-refractivity contribution in [3.05, 3.63) is 65.6 Å². The van der Waals surface area contributed by atoms with Gasteiger partial charge in [0.15, 0.2) is 11.5 Å². The molecule has 3 aromatic rings. The van der Waals surface area contributed by atoms with Crippen LogP contribution in [-0.2, 0) is 17.8 Å². The van der Waals surface area contributed by atoms with Crippen molar-refractivity contribution in [3.63, 3.8) is 0 Å². The Morgan fingerprint density at radius 1 is 1.21 bits per heavy atom. The largest absolute Gasteiger partial charge is 0.338 e. The van der Waals surface area contributed by atoms with Gasteiger partial charge in [0.25, 0.3) is 0 Å². The van der Waals surface area contributed by atoms with Crippen LogP contribution in [0.4, 0.5) is 0 Å². The SMILES string of the molecule is CN(Cc1nnc2ccccn12)C(=O)[C@H]1CCCc2ccccc21. The molecule has 0 bridgehead atoms. The van der Waals surface area contributed by atoms with Gasteiger partial charge in [0.05, 0.1) is 12.5 Å². The van der Waals surface area contributed by atoms with E-state index in [1.54, 1.807) is 4.90 Å². The van der Waals surface area contributed by atoms with Gasteiger partial charge in [-0.2, -0.15) is 0 Å². The van der Waals surface area contributed by atoms with Gasteiger partial charge in [-0.25, -0.2) is 0 Å². The quantitative estimate of drug-likeness (QED) is 0.745. The van der Waals surface area contributed by atoms with Crippen LogP contribution in [0.1, 0.15) is 35.7 Å². The molecule has 122 valence electrons. The minimum atomic E-state index is -0.0425. The third-order valence-corrected chi connectivity index (χ3v) is 4.81. The first kappa shape index (κ1) is 14.9. The van der Waals surface area contributed by atoms with E-state index in [1.807, 2.05) is 41.9 Å². The third kappa shape index (κ3) is 2.56. The molecule has 0 saturated heterocycles. The van der Waals surface area contributed by atoms with Crippen LogP contribution >= 0.6 is 0 Å². The van der Waals surface area contributed by atoms with Gasteiger partial charge in [-0.1, -0.05) is 30.3 Å². The van der Waals surface area contributed by atoms with Gasteiger partial charge < -0.3 is 4.90 Å². The van der Waals surface area contributed by atoms with Crippen LogP contribution in [-0.4, -0.2) is 32.5 Å². The Balaban J connectivity index is 1.57. The van der Waals surface area contributed by atoms with E-state index in [0.717, 1.165) is 30.7 Å². The van der Waals surface area contributed by atoms with Gasteiger partial charge in [-0.3, -0.25) is 9.20 Å². The van der Waals surface area contributed by atoms with E-state index < -0.39 is 0 Å². The number of fused-ring (bicyclic) bond motifs is 2. The fraction of sp³-hybridized carbons (Fsp3) is 0.316. The summed E-state index contributed by atoms with van der Waals surface area (Å²) in [6.45, 7) is 0.461. The zero-order valence-corrected chi connectivity index (χ0v) is 13.7. The summed E-state index contributed by atoms with van der Waals surface area (Å²) in [5.74, 6) is 0.902. The van der Waals surface area contributed by atoms with E-state index in [0.29, 0.717) is 6.54 Å². The van der Waals surface area contributed by atoms with Gasteiger partial charge in [0.2, 0.25) is 5.91 Å². The lowest BCUT2D eigenvalue weighted by molar-refractivity contribution is -0.132. The number of aryl methyl sites for hydroxylation is 1. The van der Waals surface area contributed by atoms with Gasteiger partial charge in [0, 0.05) is 13.2 Å². The van der Waals surface area contributed by atoms with Crippen molar-refractivity contribution in [2.45, 2.75) is 31.7 Å². The van der Waals surface area contributed by atoms with Crippen molar-refractivity contribution in [3.8, 4) is 0 Å². The van der Waals surface area contributed by atoms with Crippen LogP contribution in [0.3, 0.4) is 0 Å².